The molecule has 0 aliphatic carbocycles. The zero-order valence-corrected chi connectivity index (χ0v) is 15.9. The van der Waals surface area contributed by atoms with E-state index in [4.69, 9.17) is 4.74 Å². The molecule has 2 rings (SSSR count). The Hall–Kier alpha value is -1.59. The summed E-state index contributed by atoms with van der Waals surface area (Å²) in [6, 6.07) is 8.13. The van der Waals surface area contributed by atoms with Gasteiger partial charge in [0.15, 0.2) is 6.61 Å². The third-order valence-electron chi connectivity index (χ3n) is 4.69. The topological polar surface area (TPSA) is 53.0 Å². The number of amides is 1. The minimum Gasteiger partial charge on any atom is -0.483 e. The van der Waals surface area contributed by atoms with Crippen LogP contribution in [0.2, 0.25) is 0 Å². The van der Waals surface area contributed by atoms with Gasteiger partial charge in [-0.2, -0.15) is 0 Å². The maximum absolute atomic E-state index is 12.6. The number of rotatable bonds is 8. The summed E-state index contributed by atoms with van der Waals surface area (Å²) in [6.45, 7) is 8.32. The highest BCUT2D eigenvalue weighted by atomic mass is 16.5. The van der Waals surface area contributed by atoms with Crippen LogP contribution in [0.3, 0.4) is 0 Å². The molecule has 1 aliphatic heterocycles. The second-order valence-corrected chi connectivity index (χ2v) is 7.43. The smallest absolute Gasteiger partial charge is 0.260 e. The predicted molar refractivity (Wildman–Crippen MR) is 99.9 cm³/mol. The number of para-hydroxylation sites is 1. The molecule has 0 bridgehead atoms. The van der Waals surface area contributed by atoms with Crippen molar-refractivity contribution in [3.05, 3.63) is 29.8 Å². The fraction of sp³-hybridized carbons (Fsp3) is 0.650. The molecule has 1 amide bonds. The molecule has 140 valence electrons. The molecule has 1 heterocycles. The zero-order chi connectivity index (χ0) is 18.4. The number of carbonyl (C=O) groups excluding carboxylic acids is 1. The first-order chi connectivity index (χ1) is 11.9. The normalized spacial score (nSPS) is 18.8. The fourth-order valence-corrected chi connectivity index (χ4v) is 3.55. The molecule has 2 unspecified atom stereocenters. The lowest BCUT2D eigenvalue weighted by molar-refractivity contribution is -0.134. The Labute approximate surface area is 151 Å². The highest BCUT2D eigenvalue weighted by Gasteiger charge is 2.30. The molecular weight excluding hydrogens is 316 g/mol. The van der Waals surface area contributed by atoms with Gasteiger partial charge in [0.05, 0.1) is 6.10 Å². The van der Waals surface area contributed by atoms with Crippen LogP contribution in [0.15, 0.2) is 24.3 Å². The van der Waals surface area contributed by atoms with Crippen LogP contribution < -0.4 is 4.74 Å². The summed E-state index contributed by atoms with van der Waals surface area (Å²) in [5.41, 5.74) is 1.13. The minimum absolute atomic E-state index is 0.0477. The molecule has 1 aromatic rings. The number of hydrogen-bond donors (Lipinski definition) is 1. The summed E-state index contributed by atoms with van der Waals surface area (Å²) in [5.74, 6) is 1.21. The van der Waals surface area contributed by atoms with Gasteiger partial charge in [-0.3, -0.25) is 4.79 Å². The number of benzene rings is 1. The van der Waals surface area contributed by atoms with Crippen LogP contribution in [-0.4, -0.2) is 66.2 Å². The lowest BCUT2D eigenvalue weighted by Crippen LogP contribution is -2.45. The predicted octanol–water partition coefficient (Wildman–Crippen LogP) is 2.49. The van der Waals surface area contributed by atoms with Crippen molar-refractivity contribution in [2.75, 3.05) is 33.3 Å². The number of ether oxygens (including phenoxy) is 1. The Morgan fingerprint density at radius 2 is 2.08 bits per heavy atom. The van der Waals surface area contributed by atoms with Crippen molar-refractivity contribution in [3.8, 4) is 5.75 Å². The van der Waals surface area contributed by atoms with Crippen molar-refractivity contribution in [1.29, 1.82) is 0 Å². The van der Waals surface area contributed by atoms with E-state index in [1.807, 2.05) is 36.2 Å². The summed E-state index contributed by atoms with van der Waals surface area (Å²) in [4.78, 5) is 16.7. The van der Waals surface area contributed by atoms with Gasteiger partial charge in [-0.15, -0.1) is 0 Å². The second-order valence-electron chi connectivity index (χ2n) is 7.43. The molecule has 1 aromatic carbocycles. The molecule has 25 heavy (non-hydrogen) atoms. The van der Waals surface area contributed by atoms with E-state index < -0.39 is 0 Å². The molecule has 1 saturated heterocycles. The van der Waals surface area contributed by atoms with E-state index >= 15 is 0 Å². The van der Waals surface area contributed by atoms with Gasteiger partial charge in [0.25, 0.3) is 5.91 Å². The summed E-state index contributed by atoms with van der Waals surface area (Å²) in [5, 5.41) is 9.51. The van der Waals surface area contributed by atoms with Gasteiger partial charge >= 0.3 is 0 Å². The van der Waals surface area contributed by atoms with E-state index in [0.717, 1.165) is 37.2 Å². The summed E-state index contributed by atoms with van der Waals surface area (Å²) in [7, 11) is 1.99. The Kier molecular flexibility index (Phi) is 7.26. The van der Waals surface area contributed by atoms with Gasteiger partial charge in [-0.05, 0) is 44.4 Å². The van der Waals surface area contributed by atoms with E-state index in [1.54, 1.807) is 6.92 Å². The average Bonchev–Trinajstić information content (AvgIpc) is 3.00. The van der Waals surface area contributed by atoms with Gasteiger partial charge in [0.2, 0.25) is 0 Å². The monoisotopic (exact) mass is 348 g/mol. The molecule has 2 atom stereocenters. The molecule has 1 N–H and O–H groups in total. The fourth-order valence-electron chi connectivity index (χ4n) is 3.55. The zero-order valence-electron chi connectivity index (χ0n) is 15.9. The van der Waals surface area contributed by atoms with E-state index in [9.17, 15) is 9.90 Å². The number of nitrogens with zero attached hydrogens (tertiary/aromatic N) is 2. The molecule has 1 fully saturated rings. The maximum Gasteiger partial charge on any atom is 0.260 e. The average molecular weight is 348 g/mol. The van der Waals surface area contributed by atoms with Gasteiger partial charge in [-0.25, -0.2) is 0 Å². The lowest BCUT2D eigenvalue weighted by Gasteiger charge is -2.29. The first kappa shape index (κ1) is 19.7. The first-order valence-corrected chi connectivity index (χ1v) is 9.26. The first-order valence-electron chi connectivity index (χ1n) is 9.26. The van der Waals surface area contributed by atoms with Gasteiger partial charge in [0.1, 0.15) is 5.75 Å². The summed E-state index contributed by atoms with van der Waals surface area (Å²) in [6.07, 6.45) is 1.69. The number of likely N-dealkylation sites (tertiary alicyclic amines) is 1. The summed E-state index contributed by atoms with van der Waals surface area (Å²) >= 11 is 0. The van der Waals surface area contributed by atoms with E-state index in [2.05, 4.69) is 18.7 Å². The quantitative estimate of drug-likeness (QED) is 0.784. The number of hydrogen-bond acceptors (Lipinski definition) is 4. The molecular formula is C20H32N2O3. The third kappa shape index (κ3) is 5.72. The highest BCUT2D eigenvalue weighted by molar-refractivity contribution is 5.78. The molecule has 0 spiro atoms. The van der Waals surface area contributed by atoms with Crippen LogP contribution in [0.5, 0.6) is 5.75 Å². The summed E-state index contributed by atoms with van der Waals surface area (Å²) < 4.78 is 5.85. The standard InChI is InChI=1S/C20H32N2O3/c1-15(2)18-9-5-6-10-19(18)25-14-20(24)22-11-7-8-17(22)13-21(4)12-16(3)23/h5-6,9-10,15-17,23H,7-8,11-14H2,1-4H3. The Morgan fingerprint density at radius 1 is 1.36 bits per heavy atom. The number of likely N-dealkylation sites (N-methyl/N-ethyl adjacent to an activating group) is 1. The third-order valence-corrected chi connectivity index (χ3v) is 4.69. The SMILES string of the molecule is CC(O)CN(C)CC1CCCN1C(=O)COc1ccccc1C(C)C. The largest absolute Gasteiger partial charge is 0.483 e. The van der Waals surface area contributed by atoms with Crippen molar-refractivity contribution < 1.29 is 14.6 Å². The van der Waals surface area contributed by atoms with Crippen LogP contribution in [-0.2, 0) is 4.79 Å². The highest BCUT2D eigenvalue weighted by Crippen LogP contribution is 2.26. The van der Waals surface area contributed by atoms with Gasteiger partial charge < -0.3 is 19.6 Å². The molecule has 5 nitrogen and oxygen atoms in total. The number of carbonyl (C=O) groups is 1. The molecule has 0 radical (unpaired) electrons. The van der Waals surface area contributed by atoms with Crippen LogP contribution in [0.4, 0.5) is 0 Å². The van der Waals surface area contributed by atoms with Crippen molar-refractivity contribution in [3.63, 3.8) is 0 Å². The molecule has 0 saturated carbocycles. The number of aliphatic hydroxyl groups excluding tert-OH is 1. The lowest BCUT2D eigenvalue weighted by atomic mass is 10.0. The van der Waals surface area contributed by atoms with Crippen molar-refractivity contribution in [1.82, 2.24) is 9.80 Å². The molecule has 0 aromatic heterocycles. The van der Waals surface area contributed by atoms with Crippen LogP contribution >= 0.6 is 0 Å². The number of aliphatic hydroxyl groups is 1. The van der Waals surface area contributed by atoms with Gasteiger partial charge in [0, 0.05) is 25.7 Å². The Balaban J connectivity index is 1.91. The second kappa shape index (κ2) is 9.20. The minimum atomic E-state index is -0.355. The molecule has 5 heteroatoms. The Bertz CT molecular complexity index is 560. The van der Waals surface area contributed by atoms with Crippen molar-refractivity contribution in [2.24, 2.45) is 0 Å². The molecule has 1 aliphatic rings. The van der Waals surface area contributed by atoms with Crippen molar-refractivity contribution in [2.45, 2.75) is 51.7 Å². The van der Waals surface area contributed by atoms with Crippen molar-refractivity contribution >= 4 is 5.91 Å². The Morgan fingerprint density at radius 3 is 2.76 bits per heavy atom. The van der Waals surface area contributed by atoms with E-state index in [0.29, 0.717) is 12.5 Å². The van der Waals surface area contributed by atoms with Gasteiger partial charge in [-0.1, -0.05) is 32.0 Å². The maximum atomic E-state index is 12.6. The van der Waals surface area contributed by atoms with E-state index in [1.165, 1.54) is 0 Å². The van der Waals surface area contributed by atoms with Crippen LogP contribution in [0.1, 0.15) is 45.1 Å². The van der Waals surface area contributed by atoms with E-state index in [-0.39, 0.29) is 24.7 Å². The van der Waals surface area contributed by atoms with Crippen LogP contribution in [0.25, 0.3) is 0 Å². The van der Waals surface area contributed by atoms with Crippen LogP contribution in [0, 0.1) is 0 Å².